The molecule has 21 heavy (non-hydrogen) atoms. The van der Waals surface area contributed by atoms with E-state index in [0.29, 0.717) is 5.16 Å². The number of aryl methyl sites for hydroxylation is 1. The van der Waals surface area contributed by atoms with Crippen molar-refractivity contribution in [3.63, 3.8) is 0 Å². The number of aromatic nitrogens is 2. The highest BCUT2D eigenvalue weighted by molar-refractivity contribution is 7.99. The summed E-state index contributed by atoms with van der Waals surface area (Å²) >= 11 is 1.11. The fourth-order valence-corrected chi connectivity index (χ4v) is 3.13. The van der Waals surface area contributed by atoms with Crippen molar-refractivity contribution in [3.8, 4) is 5.69 Å². The molecule has 2 rings (SSSR count). The normalized spacial score (nSPS) is 11.5. The molecule has 0 atom stereocenters. The standard InChI is InChI=1S/C13H14N2O4S2/c1-9-7-15(13(14-9)20-8-12(16)17)10-3-5-11(6-4-10)21(2,18)19/h3-7H,8H2,1-2H3,(H,16,17). The molecule has 1 aromatic heterocycles. The van der Waals surface area contributed by atoms with Gasteiger partial charge in [-0.25, -0.2) is 13.4 Å². The van der Waals surface area contributed by atoms with Gasteiger partial charge in [-0.2, -0.15) is 0 Å². The molecule has 0 bridgehead atoms. The molecule has 0 radical (unpaired) electrons. The lowest BCUT2D eigenvalue weighted by molar-refractivity contribution is -0.133. The Labute approximate surface area is 126 Å². The van der Waals surface area contributed by atoms with Crippen molar-refractivity contribution in [3.05, 3.63) is 36.2 Å². The smallest absolute Gasteiger partial charge is 0.313 e. The van der Waals surface area contributed by atoms with Gasteiger partial charge in [-0.05, 0) is 31.2 Å². The van der Waals surface area contributed by atoms with Crippen LogP contribution in [-0.4, -0.2) is 41.1 Å². The fourth-order valence-electron chi connectivity index (χ4n) is 1.74. The van der Waals surface area contributed by atoms with Crippen molar-refractivity contribution in [2.75, 3.05) is 12.0 Å². The van der Waals surface area contributed by atoms with Crippen LogP contribution in [0.25, 0.3) is 5.69 Å². The summed E-state index contributed by atoms with van der Waals surface area (Å²) in [5, 5.41) is 9.30. The first-order valence-electron chi connectivity index (χ1n) is 5.98. The average Bonchev–Trinajstić information content (AvgIpc) is 2.77. The maximum Gasteiger partial charge on any atom is 0.313 e. The number of carboxylic acid groups (broad SMARTS) is 1. The zero-order chi connectivity index (χ0) is 15.6. The van der Waals surface area contributed by atoms with Gasteiger partial charge in [-0.15, -0.1) is 0 Å². The van der Waals surface area contributed by atoms with Crippen LogP contribution in [0.15, 0.2) is 40.5 Å². The van der Waals surface area contributed by atoms with Crippen LogP contribution in [-0.2, 0) is 14.6 Å². The second-order valence-corrected chi connectivity index (χ2v) is 7.44. The zero-order valence-corrected chi connectivity index (χ0v) is 13.1. The molecule has 0 aliphatic rings. The maximum absolute atomic E-state index is 11.4. The molecule has 1 heterocycles. The number of sulfone groups is 1. The van der Waals surface area contributed by atoms with Gasteiger partial charge in [0.15, 0.2) is 15.0 Å². The van der Waals surface area contributed by atoms with Crippen molar-refractivity contribution in [2.24, 2.45) is 0 Å². The lowest BCUT2D eigenvalue weighted by atomic mass is 10.3. The number of thioether (sulfide) groups is 1. The third-order valence-corrected chi connectivity index (χ3v) is 4.73. The lowest BCUT2D eigenvalue weighted by Crippen LogP contribution is -2.02. The van der Waals surface area contributed by atoms with Gasteiger partial charge in [-0.1, -0.05) is 11.8 Å². The van der Waals surface area contributed by atoms with E-state index in [2.05, 4.69) is 4.98 Å². The van der Waals surface area contributed by atoms with E-state index >= 15 is 0 Å². The Hall–Kier alpha value is -1.80. The van der Waals surface area contributed by atoms with Crippen LogP contribution in [0.1, 0.15) is 5.69 Å². The van der Waals surface area contributed by atoms with Gasteiger partial charge in [0, 0.05) is 18.1 Å². The molecule has 0 aliphatic carbocycles. The monoisotopic (exact) mass is 326 g/mol. The fraction of sp³-hybridized carbons (Fsp3) is 0.231. The van der Waals surface area contributed by atoms with E-state index < -0.39 is 15.8 Å². The second kappa shape index (κ2) is 5.90. The highest BCUT2D eigenvalue weighted by Crippen LogP contribution is 2.23. The molecule has 0 amide bonds. The Morgan fingerprint density at radius 1 is 1.33 bits per heavy atom. The summed E-state index contributed by atoms with van der Waals surface area (Å²) in [5.41, 5.74) is 1.49. The van der Waals surface area contributed by atoms with E-state index in [0.717, 1.165) is 29.4 Å². The predicted octanol–water partition coefficient (Wildman–Crippen LogP) is 1.76. The highest BCUT2D eigenvalue weighted by Gasteiger charge is 2.12. The molecule has 0 saturated carbocycles. The number of benzene rings is 1. The molecule has 0 aliphatic heterocycles. The SMILES string of the molecule is Cc1cn(-c2ccc(S(C)(=O)=O)cc2)c(SCC(=O)O)n1. The Kier molecular flexibility index (Phi) is 4.38. The van der Waals surface area contributed by atoms with Crippen LogP contribution in [0.3, 0.4) is 0 Å². The van der Waals surface area contributed by atoms with Crippen molar-refractivity contribution in [1.29, 1.82) is 0 Å². The number of imidazole rings is 1. The summed E-state index contributed by atoms with van der Waals surface area (Å²) in [6.07, 6.45) is 2.93. The first-order chi connectivity index (χ1) is 9.77. The van der Waals surface area contributed by atoms with E-state index in [4.69, 9.17) is 5.11 Å². The van der Waals surface area contributed by atoms with E-state index in [1.807, 2.05) is 6.92 Å². The third kappa shape index (κ3) is 3.85. The number of aliphatic carboxylic acids is 1. The van der Waals surface area contributed by atoms with Crippen LogP contribution < -0.4 is 0 Å². The number of hydrogen-bond donors (Lipinski definition) is 1. The molecular weight excluding hydrogens is 312 g/mol. The summed E-state index contributed by atoms with van der Waals surface area (Å²) in [6, 6.07) is 6.38. The van der Waals surface area contributed by atoms with Gasteiger partial charge in [0.1, 0.15) is 0 Å². The Morgan fingerprint density at radius 3 is 2.48 bits per heavy atom. The van der Waals surface area contributed by atoms with Crippen LogP contribution in [0, 0.1) is 6.92 Å². The molecule has 8 heteroatoms. The summed E-state index contributed by atoms with van der Waals surface area (Å²) in [7, 11) is -3.24. The average molecular weight is 326 g/mol. The van der Waals surface area contributed by atoms with E-state index in [1.54, 1.807) is 22.9 Å². The Balaban J connectivity index is 2.35. The summed E-state index contributed by atoms with van der Waals surface area (Å²) in [4.78, 5) is 15.2. The van der Waals surface area contributed by atoms with Crippen LogP contribution >= 0.6 is 11.8 Å². The summed E-state index contributed by atoms with van der Waals surface area (Å²) in [6.45, 7) is 1.81. The number of carboxylic acids is 1. The molecule has 1 N–H and O–H groups in total. The quantitative estimate of drug-likeness (QED) is 0.842. The van der Waals surface area contributed by atoms with Gasteiger partial charge < -0.3 is 5.11 Å². The predicted molar refractivity (Wildman–Crippen MR) is 79.8 cm³/mol. The summed E-state index contributed by atoms with van der Waals surface area (Å²) in [5.74, 6) is -1.00. The van der Waals surface area contributed by atoms with Crippen molar-refractivity contribution < 1.29 is 18.3 Å². The number of hydrogen-bond acceptors (Lipinski definition) is 5. The third-order valence-electron chi connectivity index (χ3n) is 2.66. The van der Waals surface area contributed by atoms with Crippen LogP contribution in [0.2, 0.25) is 0 Å². The van der Waals surface area contributed by atoms with Gasteiger partial charge in [0.05, 0.1) is 16.3 Å². The first kappa shape index (κ1) is 15.6. The van der Waals surface area contributed by atoms with Crippen molar-refractivity contribution in [1.82, 2.24) is 9.55 Å². The number of rotatable bonds is 5. The van der Waals surface area contributed by atoms with Gasteiger partial charge in [-0.3, -0.25) is 9.36 Å². The molecule has 0 unspecified atom stereocenters. The van der Waals surface area contributed by atoms with Crippen molar-refractivity contribution in [2.45, 2.75) is 17.0 Å². The minimum Gasteiger partial charge on any atom is -0.481 e. The number of carbonyl (C=O) groups is 1. The zero-order valence-electron chi connectivity index (χ0n) is 11.5. The summed E-state index contributed by atoms with van der Waals surface area (Å²) < 4.78 is 24.6. The molecular formula is C13H14N2O4S2. The number of nitrogens with zero attached hydrogens (tertiary/aromatic N) is 2. The van der Waals surface area contributed by atoms with E-state index in [1.165, 1.54) is 12.1 Å². The van der Waals surface area contributed by atoms with Crippen LogP contribution in [0.4, 0.5) is 0 Å². The van der Waals surface area contributed by atoms with Crippen molar-refractivity contribution >= 4 is 27.6 Å². The molecule has 0 fully saturated rings. The first-order valence-corrected chi connectivity index (χ1v) is 8.86. The van der Waals surface area contributed by atoms with Crippen LogP contribution in [0.5, 0.6) is 0 Å². The largest absolute Gasteiger partial charge is 0.481 e. The van der Waals surface area contributed by atoms with Gasteiger partial charge >= 0.3 is 5.97 Å². The van der Waals surface area contributed by atoms with Gasteiger partial charge in [0.25, 0.3) is 0 Å². The van der Waals surface area contributed by atoms with E-state index in [-0.39, 0.29) is 10.6 Å². The molecule has 112 valence electrons. The molecule has 0 saturated heterocycles. The van der Waals surface area contributed by atoms with Gasteiger partial charge in [0.2, 0.25) is 0 Å². The Bertz CT molecular complexity index is 764. The Morgan fingerprint density at radius 2 is 1.95 bits per heavy atom. The molecule has 2 aromatic rings. The maximum atomic E-state index is 11.4. The molecule has 6 nitrogen and oxygen atoms in total. The molecule has 0 spiro atoms. The lowest BCUT2D eigenvalue weighted by Gasteiger charge is -2.07. The molecule has 1 aromatic carbocycles. The minimum atomic E-state index is -3.24. The second-order valence-electron chi connectivity index (χ2n) is 4.48. The minimum absolute atomic E-state index is 0.0854. The van der Waals surface area contributed by atoms with E-state index in [9.17, 15) is 13.2 Å². The highest BCUT2D eigenvalue weighted by atomic mass is 32.2. The topological polar surface area (TPSA) is 89.3 Å².